The van der Waals surface area contributed by atoms with Gasteiger partial charge in [-0.1, -0.05) is 29.8 Å². The molecule has 2 aromatic rings. The van der Waals surface area contributed by atoms with Crippen molar-refractivity contribution in [3.8, 4) is 5.75 Å². The molecule has 1 saturated carbocycles. The van der Waals surface area contributed by atoms with Crippen molar-refractivity contribution < 1.29 is 17.9 Å². The van der Waals surface area contributed by atoms with Gasteiger partial charge in [-0.3, -0.25) is 4.79 Å². The minimum Gasteiger partial charge on any atom is -0.465 e. The minimum absolute atomic E-state index is 0.164. The molecule has 0 unspecified atom stereocenters. The first-order valence-corrected chi connectivity index (χ1v) is 11.6. The van der Waals surface area contributed by atoms with E-state index in [0.717, 1.165) is 34.1 Å². The van der Waals surface area contributed by atoms with Crippen LogP contribution in [0.5, 0.6) is 5.75 Å². The molecule has 7 heteroatoms. The average molecular weight is 410 g/mol. The van der Waals surface area contributed by atoms with Gasteiger partial charge in [-0.05, 0) is 56.9 Å². The van der Waals surface area contributed by atoms with Crippen LogP contribution in [0.2, 0.25) is 0 Å². The number of amides is 1. The number of para-hydroxylation sites is 2. The summed E-state index contributed by atoms with van der Waals surface area (Å²) in [4.78, 5) is 16.1. The maximum atomic E-state index is 13.8. The first-order chi connectivity index (χ1) is 13.9. The second kappa shape index (κ2) is 5.33. The molecule has 2 spiro atoms. The van der Waals surface area contributed by atoms with Crippen LogP contribution in [-0.4, -0.2) is 30.5 Å². The van der Waals surface area contributed by atoms with Crippen LogP contribution in [-0.2, 0) is 14.8 Å². The van der Waals surface area contributed by atoms with E-state index in [-0.39, 0.29) is 10.8 Å². The smallest absolute Gasteiger partial charge is 0.268 e. The number of ether oxygens (including phenoxy) is 1. The molecular formula is C22H22N2O4S. The highest BCUT2D eigenvalue weighted by Crippen LogP contribution is 2.66. The van der Waals surface area contributed by atoms with E-state index in [1.165, 1.54) is 0 Å². The van der Waals surface area contributed by atoms with Crippen molar-refractivity contribution in [2.45, 2.75) is 55.8 Å². The second-order valence-electron chi connectivity index (χ2n) is 8.60. The summed E-state index contributed by atoms with van der Waals surface area (Å²) in [5.74, 6) is 0.448. The summed E-state index contributed by atoms with van der Waals surface area (Å²) in [6.45, 7) is 1.91. The molecule has 150 valence electrons. The molecule has 0 N–H and O–H groups in total. The van der Waals surface area contributed by atoms with Crippen molar-refractivity contribution >= 4 is 21.6 Å². The Kier molecular flexibility index (Phi) is 3.18. The molecule has 5 aliphatic rings. The molecule has 3 atom stereocenters. The van der Waals surface area contributed by atoms with Crippen molar-refractivity contribution in [2.75, 3.05) is 4.90 Å². The number of piperidine rings is 2. The highest BCUT2D eigenvalue weighted by atomic mass is 32.2. The Balaban J connectivity index is 1.55. The lowest BCUT2D eigenvalue weighted by Gasteiger charge is -2.61. The number of fused-ring (bicyclic) bond motifs is 3. The molecule has 0 aromatic heterocycles. The number of sulfonamides is 1. The van der Waals surface area contributed by atoms with Gasteiger partial charge in [0.1, 0.15) is 17.3 Å². The van der Waals surface area contributed by atoms with Crippen LogP contribution >= 0.6 is 0 Å². The Morgan fingerprint density at radius 3 is 2.59 bits per heavy atom. The van der Waals surface area contributed by atoms with E-state index in [1.807, 2.05) is 31.2 Å². The van der Waals surface area contributed by atoms with E-state index in [1.54, 1.807) is 24.3 Å². The predicted molar refractivity (Wildman–Crippen MR) is 107 cm³/mol. The summed E-state index contributed by atoms with van der Waals surface area (Å²) in [6.07, 6.45) is 2.97. The molecule has 2 bridgehead atoms. The Hall–Kier alpha value is -2.54. The van der Waals surface area contributed by atoms with E-state index in [2.05, 4.69) is 4.90 Å². The highest BCUT2D eigenvalue weighted by Gasteiger charge is 2.76. The molecule has 3 saturated heterocycles. The fraction of sp³-hybridized carbons (Fsp3) is 0.409. The number of hydrogen-bond donors (Lipinski definition) is 0. The highest BCUT2D eigenvalue weighted by molar-refractivity contribution is 7.89. The largest absolute Gasteiger partial charge is 0.465 e. The van der Waals surface area contributed by atoms with Crippen LogP contribution in [0.4, 0.5) is 5.69 Å². The SMILES string of the molecule is Cc1ccc(S(=O)(=O)N2C(=O)[C@@]34CCC[C@@]35Oc3ccccc3N5[C@@H]2CC4)cc1. The Labute approximate surface area is 170 Å². The number of hydrogen-bond acceptors (Lipinski definition) is 5. The van der Waals surface area contributed by atoms with Crippen molar-refractivity contribution in [3.05, 3.63) is 54.1 Å². The molecule has 0 radical (unpaired) electrons. The van der Waals surface area contributed by atoms with Crippen LogP contribution < -0.4 is 9.64 Å². The third-order valence-corrected chi connectivity index (χ3v) is 9.04. The van der Waals surface area contributed by atoms with Gasteiger partial charge in [0.2, 0.25) is 5.91 Å². The fourth-order valence-electron chi connectivity index (χ4n) is 6.00. The number of aryl methyl sites for hydroxylation is 1. The van der Waals surface area contributed by atoms with E-state index in [4.69, 9.17) is 4.74 Å². The van der Waals surface area contributed by atoms with Crippen molar-refractivity contribution in [1.82, 2.24) is 4.31 Å². The number of carbonyl (C=O) groups excluding carboxylic acids is 1. The summed E-state index contributed by atoms with van der Waals surface area (Å²) in [5, 5.41) is 0. The molecule has 4 heterocycles. The molecule has 1 amide bonds. The van der Waals surface area contributed by atoms with Crippen molar-refractivity contribution in [1.29, 1.82) is 0 Å². The molecule has 2 aromatic carbocycles. The van der Waals surface area contributed by atoms with Gasteiger partial charge >= 0.3 is 0 Å². The lowest BCUT2D eigenvalue weighted by molar-refractivity contribution is -0.171. The van der Waals surface area contributed by atoms with Crippen LogP contribution in [0.15, 0.2) is 53.4 Å². The van der Waals surface area contributed by atoms with Gasteiger partial charge in [-0.15, -0.1) is 0 Å². The average Bonchev–Trinajstić information content (AvgIpc) is 3.25. The van der Waals surface area contributed by atoms with Gasteiger partial charge in [0.25, 0.3) is 10.0 Å². The number of carbonyl (C=O) groups is 1. The van der Waals surface area contributed by atoms with Crippen LogP contribution in [0.25, 0.3) is 0 Å². The zero-order chi connectivity index (χ0) is 20.0. The predicted octanol–water partition coefficient (Wildman–Crippen LogP) is 3.41. The first-order valence-electron chi connectivity index (χ1n) is 10.1. The van der Waals surface area contributed by atoms with Gasteiger partial charge in [0.05, 0.1) is 10.6 Å². The van der Waals surface area contributed by atoms with E-state index in [0.29, 0.717) is 19.3 Å². The first kappa shape index (κ1) is 17.3. The number of nitrogens with zero attached hydrogens (tertiary/aromatic N) is 2. The van der Waals surface area contributed by atoms with Gasteiger partial charge in [-0.2, -0.15) is 0 Å². The normalized spacial score (nSPS) is 32.0. The number of anilines is 1. The molecule has 6 nitrogen and oxygen atoms in total. The molecular weight excluding hydrogens is 388 g/mol. The molecule has 4 fully saturated rings. The molecule has 4 aliphatic heterocycles. The lowest BCUT2D eigenvalue weighted by atomic mass is 9.68. The summed E-state index contributed by atoms with van der Waals surface area (Å²) in [7, 11) is -3.96. The summed E-state index contributed by atoms with van der Waals surface area (Å²) < 4.78 is 34.9. The van der Waals surface area contributed by atoms with Crippen LogP contribution in [0.3, 0.4) is 0 Å². The van der Waals surface area contributed by atoms with E-state index in [9.17, 15) is 13.2 Å². The topological polar surface area (TPSA) is 66.9 Å². The maximum Gasteiger partial charge on any atom is 0.268 e. The summed E-state index contributed by atoms with van der Waals surface area (Å²) in [5.41, 5.74) is 0.292. The zero-order valence-electron chi connectivity index (χ0n) is 16.2. The Bertz CT molecular complexity index is 1150. The molecule has 29 heavy (non-hydrogen) atoms. The Morgan fingerprint density at radius 1 is 1.03 bits per heavy atom. The van der Waals surface area contributed by atoms with Gasteiger partial charge in [-0.25, -0.2) is 12.7 Å². The zero-order valence-corrected chi connectivity index (χ0v) is 17.0. The van der Waals surface area contributed by atoms with Crippen LogP contribution in [0, 0.1) is 12.3 Å². The van der Waals surface area contributed by atoms with Crippen molar-refractivity contribution in [2.24, 2.45) is 5.41 Å². The summed E-state index contributed by atoms with van der Waals surface area (Å²) in [6, 6.07) is 14.5. The lowest BCUT2D eigenvalue weighted by Crippen LogP contribution is -2.78. The number of benzene rings is 2. The fourth-order valence-corrected chi connectivity index (χ4v) is 7.62. The van der Waals surface area contributed by atoms with Crippen LogP contribution in [0.1, 0.15) is 37.7 Å². The van der Waals surface area contributed by atoms with Gasteiger partial charge in [0.15, 0.2) is 5.72 Å². The quantitative estimate of drug-likeness (QED) is 0.759. The standard InChI is InChI=1S/C22H22N2O4S/c1-15-7-9-16(10-8-15)29(26,27)24-19-11-14-21(20(24)25)12-4-13-22(21)23(19)17-5-2-3-6-18(17)28-22/h2-3,5-10,19H,4,11-14H2,1H3/t19-,21-,22+/m0/s1. The Morgan fingerprint density at radius 2 is 1.79 bits per heavy atom. The van der Waals surface area contributed by atoms with E-state index >= 15 is 0 Å². The monoisotopic (exact) mass is 410 g/mol. The van der Waals surface area contributed by atoms with Gasteiger partial charge < -0.3 is 9.64 Å². The summed E-state index contributed by atoms with van der Waals surface area (Å²) >= 11 is 0. The molecule has 7 rings (SSSR count). The number of rotatable bonds is 2. The van der Waals surface area contributed by atoms with Crippen molar-refractivity contribution in [3.63, 3.8) is 0 Å². The third kappa shape index (κ3) is 1.87. The maximum absolute atomic E-state index is 13.8. The van der Waals surface area contributed by atoms with Gasteiger partial charge in [0, 0.05) is 6.42 Å². The van der Waals surface area contributed by atoms with E-state index < -0.39 is 27.3 Å². The third-order valence-electron chi connectivity index (χ3n) is 7.25. The molecule has 1 aliphatic carbocycles. The minimum atomic E-state index is -3.96. The second-order valence-corrected chi connectivity index (χ2v) is 10.4.